The van der Waals surface area contributed by atoms with Gasteiger partial charge < -0.3 is 0 Å². The van der Waals surface area contributed by atoms with Crippen LogP contribution in [-0.4, -0.2) is 15.9 Å². The largest absolute Gasteiger partial charge is 0.439 e. The highest BCUT2D eigenvalue weighted by atomic mass is 16.5. The molecule has 1 aromatic heterocycles. The Morgan fingerprint density at radius 2 is 2.00 bits per heavy atom. The quantitative estimate of drug-likeness (QED) is 0.746. The first kappa shape index (κ1) is 9.39. The van der Waals surface area contributed by atoms with Crippen molar-refractivity contribution in [1.29, 1.82) is 0 Å². The Kier molecular flexibility index (Phi) is 2.21. The molecule has 0 aliphatic heterocycles. The fourth-order valence-electron chi connectivity index (χ4n) is 1.22. The van der Waals surface area contributed by atoms with Gasteiger partial charge in [-0.25, -0.2) is 4.79 Å². The number of carbonyl (C=O) groups excluding carboxylic acids is 1. The minimum atomic E-state index is -0.597. The van der Waals surface area contributed by atoms with Gasteiger partial charge >= 0.3 is 5.76 Å². The van der Waals surface area contributed by atoms with Gasteiger partial charge in [-0.05, 0) is 6.92 Å². The van der Waals surface area contributed by atoms with Crippen LogP contribution in [0.1, 0.15) is 17.3 Å². The van der Waals surface area contributed by atoms with Crippen molar-refractivity contribution >= 4 is 5.78 Å². The molecule has 0 saturated carbocycles. The highest BCUT2D eigenvalue weighted by molar-refractivity contribution is 5.94. The molecule has 5 nitrogen and oxygen atoms in total. The average molecular weight is 204 g/mol. The normalized spacial score (nSPS) is 10.2. The third kappa shape index (κ3) is 1.85. The SMILES string of the molecule is CC(=O)c1ccc(-c2noc(=O)[nH]2)cc1. The van der Waals surface area contributed by atoms with Crippen LogP contribution < -0.4 is 5.76 Å². The van der Waals surface area contributed by atoms with E-state index in [1.165, 1.54) is 6.92 Å². The standard InChI is InChI=1S/C10H8N2O3/c1-6(13)7-2-4-8(5-3-7)9-11-10(14)15-12-9/h2-5H,1H3,(H,11,12,14). The van der Waals surface area contributed by atoms with E-state index < -0.39 is 5.76 Å². The molecule has 5 heteroatoms. The molecular formula is C10H8N2O3. The van der Waals surface area contributed by atoms with Gasteiger partial charge in [-0.15, -0.1) is 0 Å². The summed E-state index contributed by atoms with van der Waals surface area (Å²) in [6.45, 7) is 1.49. The van der Waals surface area contributed by atoms with E-state index >= 15 is 0 Å². The van der Waals surface area contributed by atoms with E-state index in [2.05, 4.69) is 14.7 Å². The fourth-order valence-corrected chi connectivity index (χ4v) is 1.22. The summed E-state index contributed by atoms with van der Waals surface area (Å²) in [4.78, 5) is 24.1. The van der Waals surface area contributed by atoms with E-state index in [1.807, 2.05) is 0 Å². The molecule has 0 unspecified atom stereocenters. The number of H-pyrrole nitrogens is 1. The first-order chi connectivity index (χ1) is 7.16. The maximum Gasteiger partial charge on any atom is 0.439 e. The predicted octanol–water partition coefficient (Wildman–Crippen LogP) is 1.23. The lowest BCUT2D eigenvalue weighted by molar-refractivity contribution is 0.101. The van der Waals surface area contributed by atoms with E-state index in [-0.39, 0.29) is 5.78 Å². The molecule has 2 aromatic rings. The average Bonchev–Trinajstić information content (AvgIpc) is 2.65. The van der Waals surface area contributed by atoms with E-state index in [4.69, 9.17) is 0 Å². The second-order valence-corrected chi connectivity index (χ2v) is 3.08. The van der Waals surface area contributed by atoms with Crippen molar-refractivity contribution in [3.8, 4) is 11.4 Å². The van der Waals surface area contributed by atoms with Gasteiger partial charge in [0.25, 0.3) is 0 Å². The minimum Gasteiger partial charge on any atom is -0.296 e. The summed E-state index contributed by atoms with van der Waals surface area (Å²) in [5.41, 5.74) is 1.32. The van der Waals surface area contributed by atoms with Crippen molar-refractivity contribution in [3.63, 3.8) is 0 Å². The van der Waals surface area contributed by atoms with Crippen LogP contribution >= 0.6 is 0 Å². The molecule has 0 atom stereocenters. The Bertz CT molecular complexity index is 536. The summed E-state index contributed by atoms with van der Waals surface area (Å²) in [6, 6.07) is 6.74. The van der Waals surface area contributed by atoms with Crippen molar-refractivity contribution in [2.24, 2.45) is 0 Å². The van der Waals surface area contributed by atoms with Gasteiger partial charge in [-0.2, -0.15) is 0 Å². The Morgan fingerprint density at radius 1 is 1.33 bits per heavy atom. The molecule has 1 aromatic carbocycles. The van der Waals surface area contributed by atoms with Gasteiger partial charge in [0.05, 0.1) is 0 Å². The van der Waals surface area contributed by atoms with E-state index in [1.54, 1.807) is 24.3 Å². The lowest BCUT2D eigenvalue weighted by atomic mass is 10.1. The van der Waals surface area contributed by atoms with Crippen molar-refractivity contribution < 1.29 is 9.32 Å². The second kappa shape index (κ2) is 3.53. The summed E-state index contributed by atoms with van der Waals surface area (Å²) in [7, 11) is 0. The Balaban J connectivity index is 2.39. The molecule has 0 aliphatic carbocycles. The lowest BCUT2D eigenvalue weighted by Crippen LogP contribution is -1.95. The topological polar surface area (TPSA) is 76.0 Å². The van der Waals surface area contributed by atoms with Crippen molar-refractivity contribution in [2.75, 3.05) is 0 Å². The van der Waals surface area contributed by atoms with E-state index in [0.717, 1.165) is 0 Å². The molecule has 2 rings (SSSR count). The summed E-state index contributed by atoms with van der Waals surface area (Å²) in [5, 5.41) is 3.53. The zero-order valence-electron chi connectivity index (χ0n) is 7.98. The van der Waals surface area contributed by atoms with Crippen LogP contribution in [0.25, 0.3) is 11.4 Å². The van der Waals surface area contributed by atoms with E-state index in [9.17, 15) is 9.59 Å². The van der Waals surface area contributed by atoms with Crippen LogP contribution in [0.4, 0.5) is 0 Å². The van der Waals surface area contributed by atoms with Gasteiger partial charge in [0.15, 0.2) is 11.6 Å². The Hall–Kier alpha value is -2.17. The summed E-state index contributed by atoms with van der Waals surface area (Å²) in [5.74, 6) is -0.244. The highest BCUT2D eigenvalue weighted by Crippen LogP contribution is 2.14. The molecule has 0 spiro atoms. The van der Waals surface area contributed by atoms with Crippen LogP contribution in [0.3, 0.4) is 0 Å². The molecule has 0 amide bonds. The fraction of sp³-hybridized carbons (Fsp3) is 0.100. The van der Waals surface area contributed by atoms with Gasteiger partial charge in [0.2, 0.25) is 0 Å². The second-order valence-electron chi connectivity index (χ2n) is 3.08. The number of aromatic amines is 1. The Labute approximate surface area is 84.7 Å². The van der Waals surface area contributed by atoms with Crippen molar-refractivity contribution in [2.45, 2.75) is 6.92 Å². The molecule has 15 heavy (non-hydrogen) atoms. The molecular weight excluding hydrogens is 196 g/mol. The van der Waals surface area contributed by atoms with Crippen LogP contribution in [-0.2, 0) is 0 Å². The van der Waals surface area contributed by atoms with Gasteiger partial charge in [0, 0.05) is 11.1 Å². The van der Waals surface area contributed by atoms with Gasteiger partial charge in [-0.3, -0.25) is 14.3 Å². The molecule has 0 bridgehead atoms. The van der Waals surface area contributed by atoms with E-state index in [0.29, 0.717) is 17.0 Å². The third-order valence-electron chi connectivity index (χ3n) is 2.01. The number of ketones is 1. The number of hydrogen-bond donors (Lipinski definition) is 1. The number of benzene rings is 1. The van der Waals surface area contributed by atoms with Gasteiger partial charge in [0.1, 0.15) is 0 Å². The molecule has 1 heterocycles. The smallest absolute Gasteiger partial charge is 0.296 e. The molecule has 76 valence electrons. The molecule has 1 N–H and O–H groups in total. The lowest BCUT2D eigenvalue weighted by Gasteiger charge is -1.96. The zero-order valence-corrected chi connectivity index (χ0v) is 7.98. The summed E-state index contributed by atoms with van der Waals surface area (Å²) in [6.07, 6.45) is 0. The molecule has 0 fully saturated rings. The Morgan fingerprint density at radius 3 is 2.47 bits per heavy atom. The third-order valence-corrected chi connectivity index (χ3v) is 2.01. The maximum absolute atomic E-state index is 11.0. The number of nitrogens with zero attached hydrogens (tertiary/aromatic N) is 1. The number of rotatable bonds is 2. The van der Waals surface area contributed by atoms with Gasteiger partial charge in [-0.1, -0.05) is 29.4 Å². The number of aromatic nitrogens is 2. The number of hydrogen-bond acceptors (Lipinski definition) is 4. The molecule has 0 saturated heterocycles. The first-order valence-electron chi connectivity index (χ1n) is 4.34. The predicted molar refractivity (Wildman–Crippen MR) is 52.6 cm³/mol. The summed E-state index contributed by atoms with van der Waals surface area (Å²) >= 11 is 0. The monoisotopic (exact) mass is 204 g/mol. The minimum absolute atomic E-state index is 0.00445. The van der Waals surface area contributed by atoms with Crippen LogP contribution in [0.2, 0.25) is 0 Å². The maximum atomic E-state index is 11.0. The first-order valence-corrected chi connectivity index (χ1v) is 4.34. The van der Waals surface area contributed by atoms with Crippen LogP contribution in [0.5, 0.6) is 0 Å². The number of Topliss-reactive ketones (excluding diaryl/α,β-unsaturated/α-hetero) is 1. The molecule has 0 radical (unpaired) electrons. The van der Waals surface area contributed by atoms with Crippen molar-refractivity contribution in [1.82, 2.24) is 10.1 Å². The summed E-state index contributed by atoms with van der Waals surface area (Å²) < 4.78 is 4.37. The van der Waals surface area contributed by atoms with Crippen molar-refractivity contribution in [3.05, 3.63) is 40.4 Å². The highest BCUT2D eigenvalue weighted by Gasteiger charge is 2.04. The number of nitrogens with one attached hydrogen (secondary N) is 1. The van der Waals surface area contributed by atoms with Crippen LogP contribution in [0, 0.1) is 0 Å². The molecule has 0 aliphatic rings. The van der Waals surface area contributed by atoms with Crippen LogP contribution in [0.15, 0.2) is 33.6 Å². The zero-order chi connectivity index (χ0) is 10.8. The number of carbonyl (C=O) groups is 1.